The molecule has 3 aromatic rings. The van der Waals surface area contributed by atoms with E-state index >= 15 is 0 Å². The minimum absolute atomic E-state index is 0.263. The lowest BCUT2D eigenvalue weighted by Gasteiger charge is -1.97. The van der Waals surface area contributed by atoms with Crippen LogP contribution in [0.5, 0.6) is 0 Å². The van der Waals surface area contributed by atoms with E-state index in [9.17, 15) is 4.39 Å². The molecule has 0 radical (unpaired) electrons. The zero-order valence-corrected chi connectivity index (χ0v) is 11.1. The Bertz CT molecular complexity index is 719. The quantitative estimate of drug-likeness (QED) is 0.682. The maximum absolute atomic E-state index is 12.9. The van der Waals surface area contributed by atoms with E-state index in [2.05, 4.69) is 16.5 Å². The number of aryl methyl sites for hydroxylation is 1. The van der Waals surface area contributed by atoms with Crippen LogP contribution in [0.2, 0.25) is 0 Å². The molecule has 0 bridgehead atoms. The summed E-state index contributed by atoms with van der Waals surface area (Å²) in [5.74, 6) is 0.930. The molecule has 4 heteroatoms. The molecule has 2 aromatic heterocycles. The highest BCUT2D eigenvalue weighted by atomic mass is 19.1. The largest absolute Gasteiger partial charge is 0.436 e. The second-order valence-corrected chi connectivity index (χ2v) is 4.46. The third-order valence-corrected chi connectivity index (χ3v) is 3.10. The van der Waals surface area contributed by atoms with Crippen molar-refractivity contribution in [3.8, 4) is 22.8 Å². The van der Waals surface area contributed by atoms with Gasteiger partial charge < -0.3 is 4.42 Å². The van der Waals surface area contributed by atoms with E-state index in [0.29, 0.717) is 11.7 Å². The molecule has 0 amide bonds. The molecule has 0 aliphatic rings. The number of rotatable bonds is 3. The first-order valence-electron chi connectivity index (χ1n) is 6.47. The predicted octanol–water partition coefficient (Wildman–Crippen LogP) is 3.46. The van der Waals surface area contributed by atoms with Crippen molar-refractivity contribution < 1.29 is 13.4 Å². The van der Waals surface area contributed by atoms with E-state index < -0.39 is 0 Å². The highest BCUT2D eigenvalue weighted by molar-refractivity contribution is 5.60. The molecule has 20 heavy (non-hydrogen) atoms. The number of hydrogen-bond donors (Lipinski definition) is 0. The van der Waals surface area contributed by atoms with Crippen LogP contribution in [0.4, 0.5) is 4.39 Å². The van der Waals surface area contributed by atoms with Crippen molar-refractivity contribution in [1.82, 2.24) is 4.98 Å². The van der Waals surface area contributed by atoms with E-state index in [4.69, 9.17) is 4.42 Å². The molecule has 0 fully saturated rings. The highest BCUT2D eigenvalue weighted by Crippen LogP contribution is 2.25. The van der Waals surface area contributed by atoms with Crippen molar-refractivity contribution in [2.75, 3.05) is 0 Å². The first-order chi connectivity index (χ1) is 9.76. The normalized spacial score (nSPS) is 10.7. The van der Waals surface area contributed by atoms with Crippen LogP contribution >= 0.6 is 0 Å². The van der Waals surface area contributed by atoms with Crippen LogP contribution in [0.15, 0.2) is 59.4 Å². The Morgan fingerprint density at radius 1 is 1.15 bits per heavy atom. The number of benzene rings is 1. The summed E-state index contributed by atoms with van der Waals surface area (Å²) in [4.78, 5) is 4.29. The number of aromatic nitrogens is 2. The van der Waals surface area contributed by atoms with Gasteiger partial charge in [0, 0.05) is 11.6 Å². The molecule has 0 atom stereocenters. The van der Waals surface area contributed by atoms with Gasteiger partial charge in [-0.15, -0.1) is 0 Å². The van der Waals surface area contributed by atoms with Gasteiger partial charge in [-0.25, -0.2) is 13.9 Å². The lowest BCUT2D eigenvalue weighted by molar-refractivity contribution is -0.693. The Labute approximate surface area is 116 Å². The van der Waals surface area contributed by atoms with Crippen LogP contribution in [0, 0.1) is 5.82 Å². The van der Waals surface area contributed by atoms with Gasteiger partial charge in [-0.2, -0.15) is 0 Å². The van der Waals surface area contributed by atoms with Crippen molar-refractivity contribution in [3.63, 3.8) is 0 Å². The SMILES string of the molecule is CC[n+]1cccc(-c2ncc(-c3ccc(F)cc3)o2)c1. The first-order valence-corrected chi connectivity index (χ1v) is 6.47. The summed E-state index contributed by atoms with van der Waals surface area (Å²) in [7, 11) is 0. The number of halogens is 1. The maximum atomic E-state index is 12.9. The molecule has 3 rings (SSSR count). The van der Waals surface area contributed by atoms with E-state index in [1.54, 1.807) is 18.3 Å². The van der Waals surface area contributed by atoms with E-state index in [1.807, 2.05) is 24.5 Å². The first kappa shape index (κ1) is 12.5. The topological polar surface area (TPSA) is 29.9 Å². The van der Waals surface area contributed by atoms with Crippen LogP contribution in [-0.2, 0) is 6.54 Å². The van der Waals surface area contributed by atoms with Crippen LogP contribution in [0.3, 0.4) is 0 Å². The smallest absolute Gasteiger partial charge is 0.232 e. The van der Waals surface area contributed by atoms with E-state index in [0.717, 1.165) is 17.7 Å². The third kappa shape index (κ3) is 2.45. The van der Waals surface area contributed by atoms with Gasteiger partial charge in [0.1, 0.15) is 17.9 Å². The van der Waals surface area contributed by atoms with Gasteiger partial charge in [0.25, 0.3) is 0 Å². The predicted molar refractivity (Wildman–Crippen MR) is 73.2 cm³/mol. The van der Waals surface area contributed by atoms with Crippen molar-refractivity contribution in [2.45, 2.75) is 13.5 Å². The van der Waals surface area contributed by atoms with Gasteiger partial charge in [0.15, 0.2) is 18.2 Å². The van der Waals surface area contributed by atoms with Gasteiger partial charge in [-0.1, -0.05) is 0 Å². The van der Waals surface area contributed by atoms with E-state index in [-0.39, 0.29) is 5.82 Å². The van der Waals surface area contributed by atoms with E-state index in [1.165, 1.54) is 12.1 Å². The molecule has 0 unspecified atom stereocenters. The summed E-state index contributed by atoms with van der Waals surface area (Å²) in [5, 5.41) is 0. The lowest BCUT2D eigenvalue weighted by Crippen LogP contribution is -2.30. The summed E-state index contributed by atoms with van der Waals surface area (Å²) >= 11 is 0. The average molecular weight is 269 g/mol. The molecule has 100 valence electrons. The highest BCUT2D eigenvalue weighted by Gasteiger charge is 2.11. The summed E-state index contributed by atoms with van der Waals surface area (Å²) in [6, 6.07) is 10.1. The standard InChI is InChI=1S/C16H14FN2O/c1-2-19-9-3-4-13(11-19)16-18-10-15(20-16)12-5-7-14(17)8-6-12/h3-11H,2H2,1H3/q+1. The fraction of sp³-hybridized carbons (Fsp3) is 0.125. The zero-order valence-electron chi connectivity index (χ0n) is 11.1. The molecule has 3 nitrogen and oxygen atoms in total. The number of pyridine rings is 1. The summed E-state index contributed by atoms with van der Waals surface area (Å²) < 4.78 is 20.7. The second kappa shape index (κ2) is 5.25. The second-order valence-electron chi connectivity index (χ2n) is 4.46. The molecular formula is C16H14FN2O+. The molecule has 0 aliphatic heterocycles. The summed E-state index contributed by atoms with van der Waals surface area (Å²) in [6.07, 6.45) is 5.64. The van der Waals surface area contributed by atoms with Crippen LogP contribution in [0.1, 0.15) is 6.92 Å². The minimum Gasteiger partial charge on any atom is -0.436 e. The molecular weight excluding hydrogens is 255 g/mol. The molecule has 0 aliphatic carbocycles. The molecule has 0 saturated carbocycles. The lowest BCUT2D eigenvalue weighted by atomic mass is 10.2. The number of hydrogen-bond acceptors (Lipinski definition) is 2. The van der Waals surface area contributed by atoms with Gasteiger partial charge in [0.2, 0.25) is 5.89 Å². The van der Waals surface area contributed by atoms with Gasteiger partial charge >= 0.3 is 0 Å². The van der Waals surface area contributed by atoms with Gasteiger partial charge in [-0.05, 0) is 37.3 Å². The Balaban J connectivity index is 1.95. The van der Waals surface area contributed by atoms with Crippen molar-refractivity contribution in [1.29, 1.82) is 0 Å². The molecule has 0 spiro atoms. The van der Waals surface area contributed by atoms with Crippen molar-refractivity contribution >= 4 is 0 Å². The molecule has 2 heterocycles. The fourth-order valence-electron chi connectivity index (χ4n) is 2.00. The fourth-order valence-corrected chi connectivity index (χ4v) is 2.00. The van der Waals surface area contributed by atoms with Gasteiger partial charge in [-0.3, -0.25) is 0 Å². The van der Waals surface area contributed by atoms with Crippen molar-refractivity contribution in [3.05, 3.63) is 60.8 Å². The zero-order chi connectivity index (χ0) is 13.9. The maximum Gasteiger partial charge on any atom is 0.232 e. The number of nitrogens with zero attached hydrogens (tertiary/aromatic N) is 2. The van der Waals surface area contributed by atoms with Gasteiger partial charge in [0.05, 0.1) is 6.20 Å². The third-order valence-electron chi connectivity index (χ3n) is 3.10. The molecule has 0 N–H and O–H groups in total. The Morgan fingerprint density at radius 3 is 2.70 bits per heavy atom. The average Bonchev–Trinajstić information content (AvgIpc) is 2.98. The molecule has 1 aromatic carbocycles. The minimum atomic E-state index is -0.263. The summed E-state index contributed by atoms with van der Waals surface area (Å²) in [5.41, 5.74) is 1.73. The summed E-state index contributed by atoms with van der Waals surface area (Å²) in [6.45, 7) is 2.96. The Hall–Kier alpha value is -2.49. The van der Waals surface area contributed by atoms with Crippen molar-refractivity contribution in [2.24, 2.45) is 0 Å². The van der Waals surface area contributed by atoms with Crippen LogP contribution < -0.4 is 4.57 Å². The number of oxazole rings is 1. The monoisotopic (exact) mass is 269 g/mol. The molecule has 0 saturated heterocycles. The van der Waals surface area contributed by atoms with Crippen LogP contribution in [0.25, 0.3) is 22.8 Å². The Kier molecular flexibility index (Phi) is 3.29. The van der Waals surface area contributed by atoms with Crippen LogP contribution in [-0.4, -0.2) is 4.98 Å². The Morgan fingerprint density at radius 2 is 1.95 bits per heavy atom.